The molecule has 0 atom stereocenters. The molecule has 22 heavy (non-hydrogen) atoms. The van der Waals surface area contributed by atoms with Crippen LogP contribution >= 0.6 is 11.6 Å². The number of hydrogen-bond donors (Lipinski definition) is 1. The Bertz CT molecular complexity index is 761. The van der Waals surface area contributed by atoms with Crippen LogP contribution in [0.15, 0.2) is 41.3 Å². The molecular formula is C13H12ClN4O3S-. The Kier molecular flexibility index (Phi) is 4.94. The van der Waals surface area contributed by atoms with E-state index in [0.717, 1.165) is 0 Å². The smallest absolute Gasteiger partial charge is 0.224 e. The first kappa shape index (κ1) is 16.2. The normalized spacial score (nSPS) is 11.0. The molecule has 1 aromatic carbocycles. The van der Waals surface area contributed by atoms with E-state index in [-0.39, 0.29) is 21.8 Å². The predicted molar refractivity (Wildman–Crippen MR) is 82.6 cm³/mol. The zero-order valence-electron chi connectivity index (χ0n) is 11.5. The number of carbonyl (C=O) groups excluding carboxylic acids is 1. The number of anilines is 1. The molecule has 0 spiro atoms. The number of amides is 1. The molecule has 0 bridgehead atoms. The molecule has 0 aliphatic heterocycles. The van der Waals surface area contributed by atoms with Gasteiger partial charge in [0.25, 0.3) is 0 Å². The lowest BCUT2D eigenvalue weighted by atomic mass is 10.3. The highest BCUT2D eigenvalue weighted by Crippen LogP contribution is 2.26. The number of sulfonamides is 1. The monoisotopic (exact) mass is 339 g/mol. The fourth-order valence-corrected chi connectivity index (χ4v) is 2.52. The van der Waals surface area contributed by atoms with Gasteiger partial charge in [-0.25, -0.2) is 13.5 Å². The number of nitrogens with zero attached hydrogens (tertiary/aromatic N) is 3. The Labute approximate surface area is 132 Å². The maximum absolute atomic E-state index is 12.1. The standard InChI is InChI=1S/C13H13ClN4O3S/c1-2-13(19)15-9-3-5-10(6-4-9)22(20,21)18-12-8-7-11(14)16-17-12/h3-8H,2H2,1H3,(H2,15,17,18,19)/p-1. The van der Waals surface area contributed by atoms with Gasteiger partial charge in [-0.2, -0.15) is 0 Å². The molecule has 0 saturated carbocycles. The Morgan fingerprint density at radius 3 is 2.41 bits per heavy atom. The van der Waals surface area contributed by atoms with Crippen molar-refractivity contribution in [2.75, 3.05) is 5.32 Å². The van der Waals surface area contributed by atoms with Crippen molar-refractivity contribution >= 4 is 39.0 Å². The van der Waals surface area contributed by atoms with Crippen molar-refractivity contribution in [3.8, 4) is 0 Å². The summed E-state index contributed by atoms with van der Waals surface area (Å²) in [5.41, 5.74) is 0.511. The molecule has 9 heteroatoms. The number of halogens is 1. The Balaban J connectivity index is 2.15. The largest absolute Gasteiger partial charge is 0.352 e. The van der Waals surface area contributed by atoms with Crippen molar-refractivity contribution in [2.45, 2.75) is 18.2 Å². The first-order chi connectivity index (χ1) is 10.4. The van der Waals surface area contributed by atoms with Gasteiger partial charge < -0.3 is 15.1 Å². The predicted octanol–water partition coefficient (Wildman–Crippen LogP) is 2.87. The van der Waals surface area contributed by atoms with Gasteiger partial charge in [-0.15, -0.1) is 0 Å². The molecular weight excluding hydrogens is 328 g/mol. The van der Waals surface area contributed by atoms with Gasteiger partial charge in [-0.3, -0.25) is 4.79 Å². The minimum Gasteiger partial charge on any atom is -0.352 e. The van der Waals surface area contributed by atoms with E-state index in [2.05, 4.69) is 20.2 Å². The average Bonchev–Trinajstić information content (AvgIpc) is 2.50. The summed E-state index contributed by atoms with van der Waals surface area (Å²) in [5.74, 6) is -0.218. The third-order valence-electron chi connectivity index (χ3n) is 2.59. The number of rotatable bonds is 5. The molecule has 1 aromatic heterocycles. The molecule has 0 saturated heterocycles. The molecule has 2 rings (SSSR count). The molecule has 2 aromatic rings. The van der Waals surface area contributed by atoms with Crippen LogP contribution in [-0.2, 0) is 14.8 Å². The number of benzene rings is 1. The fourth-order valence-electron chi connectivity index (χ4n) is 1.49. The first-order valence-electron chi connectivity index (χ1n) is 6.28. The summed E-state index contributed by atoms with van der Waals surface area (Å²) in [5, 5.41) is 9.87. The van der Waals surface area contributed by atoms with E-state index in [4.69, 9.17) is 11.6 Å². The minimum absolute atomic E-state index is 0.0150. The van der Waals surface area contributed by atoms with E-state index < -0.39 is 10.0 Å². The van der Waals surface area contributed by atoms with Crippen LogP contribution in [0, 0.1) is 0 Å². The Hall–Kier alpha value is -2.19. The lowest BCUT2D eigenvalue weighted by molar-refractivity contribution is -0.115. The molecule has 0 radical (unpaired) electrons. The fraction of sp³-hybridized carbons (Fsp3) is 0.154. The highest BCUT2D eigenvalue weighted by molar-refractivity contribution is 7.94. The van der Waals surface area contributed by atoms with Crippen molar-refractivity contribution in [3.05, 3.63) is 46.3 Å². The van der Waals surface area contributed by atoms with Gasteiger partial charge in [0, 0.05) is 12.1 Å². The first-order valence-corrected chi connectivity index (χ1v) is 8.09. The maximum Gasteiger partial charge on any atom is 0.224 e. The zero-order chi connectivity index (χ0) is 16.2. The van der Waals surface area contributed by atoms with Crippen molar-refractivity contribution in [3.63, 3.8) is 0 Å². The summed E-state index contributed by atoms with van der Waals surface area (Å²) >= 11 is 5.57. The number of aromatic nitrogens is 2. The summed E-state index contributed by atoms with van der Waals surface area (Å²) in [6.45, 7) is 1.72. The van der Waals surface area contributed by atoms with Crippen LogP contribution in [0.25, 0.3) is 4.72 Å². The van der Waals surface area contributed by atoms with Gasteiger partial charge in [0.15, 0.2) is 0 Å². The summed E-state index contributed by atoms with van der Waals surface area (Å²) in [7, 11) is -3.91. The molecule has 0 aliphatic rings. The van der Waals surface area contributed by atoms with Crippen LogP contribution < -0.4 is 5.32 Å². The molecule has 0 aliphatic carbocycles. The van der Waals surface area contributed by atoms with Crippen molar-refractivity contribution in [2.24, 2.45) is 0 Å². The van der Waals surface area contributed by atoms with Crippen LogP contribution in [0.4, 0.5) is 11.5 Å². The third kappa shape index (κ3) is 4.15. The van der Waals surface area contributed by atoms with Gasteiger partial charge in [-0.05, 0) is 36.1 Å². The van der Waals surface area contributed by atoms with E-state index in [1.54, 1.807) is 6.92 Å². The van der Waals surface area contributed by atoms with Crippen molar-refractivity contribution in [1.29, 1.82) is 0 Å². The van der Waals surface area contributed by atoms with Gasteiger partial charge in [0.2, 0.25) is 15.9 Å². The lowest BCUT2D eigenvalue weighted by Gasteiger charge is -2.14. The van der Waals surface area contributed by atoms with Crippen LogP contribution in [0.1, 0.15) is 13.3 Å². The van der Waals surface area contributed by atoms with Crippen LogP contribution in [0.2, 0.25) is 5.15 Å². The highest BCUT2D eigenvalue weighted by Gasteiger charge is 2.10. The van der Waals surface area contributed by atoms with E-state index in [9.17, 15) is 13.2 Å². The molecule has 0 fully saturated rings. The summed E-state index contributed by atoms with van der Waals surface area (Å²) in [6, 6.07) is 8.43. The molecule has 1 amide bonds. The van der Waals surface area contributed by atoms with E-state index >= 15 is 0 Å². The van der Waals surface area contributed by atoms with E-state index in [1.165, 1.54) is 36.4 Å². The SMILES string of the molecule is CCC(=O)Nc1ccc(S(=O)(=O)[N-]c2ccc(Cl)nn2)cc1. The van der Waals surface area contributed by atoms with E-state index in [1.807, 2.05) is 0 Å². The second-order valence-corrected chi connectivity index (χ2v) is 6.20. The number of hydrogen-bond acceptors (Lipinski definition) is 5. The quantitative estimate of drug-likeness (QED) is 0.902. The maximum atomic E-state index is 12.1. The lowest BCUT2D eigenvalue weighted by Crippen LogP contribution is -2.09. The molecule has 7 nitrogen and oxygen atoms in total. The molecule has 116 valence electrons. The van der Waals surface area contributed by atoms with Gasteiger partial charge in [0.1, 0.15) is 5.15 Å². The Morgan fingerprint density at radius 2 is 1.86 bits per heavy atom. The summed E-state index contributed by atoms with van der Waals surface area (Å²) in [6.07, 6.45) is 0.338. The van der Waals surface area contributed by atoms with Crippen LogP contribution in [-0.4, -0.2) is 24.5 Å². The van der Waals surface area contributed by atoms with Gasteiger partial charge >= 0.3 is 0 Å². The number of carbonyl (C=O) groups is 1. The topological polar surface area (TPSA) is 103 Å². The summed E-state index contributed by atoms with van der Waals surface area (Å²) < 4.78 is 27.8. The van der Waals surface area contributed by atoms with Crippen LogP contribution in [0.3, 0.4) is 0 Å². The van der Waals surface area contributed by atoms with Crippen LogP contribution in [0.5, 0.6) is 0 Å². The van der Waals surface area contributed by atoms with Gasteiger partial charge in [-0.1, -0.05) is 24.6 Å². The minimum atomic E-state index is -3.91. The zero-order valence-corrected chi connectivity index (χ0v) is 13.1. The third-order valence-corrected chi connectivity index (χ3v) is 4.09. The molecule has 1 heterocycles. The van der Waals surface area contributed by atoms with Gasteiger partial charge in [0.05, 0.1) is 4.90 Å². The number of nitrogens with one attached hydrogen (secondary N) is 1. The average molecular weight is 340 g/mol. The Morgan fingerprint density at radius 1 is 1.18 bits per heavy atom. The second-order valence-electron chi connectivity index (χ2n) is 4.21. The molecule has 1 N–H and O–H groups in total. The summed E-state index contributed by atoms with van der Waals surface area (Å²) in [4.78, 5) is 11.2. The molecule has 0 unspecified atom stereocenters. The highest BCUT2D eigenvalue weighted by atomic mass is 35.5. The van der Waals surface area contributed by atoms with Crippen molar-refractivity contribution in [1.82, 2.24) is 10.2 Å². The van der Waals surface area contributed by atoms with E-state index in [0.29, 0.717) is 12.1 Å². The van der Waals surface area contributed by atoms with Crippen molar-refractivity contribution < 1.29 is 13.2 Å². The second kappa shape index (κ2) is 6.71.